The van der Waals surface area contributed by atoms with Gasteiger partial charge in [-0.15, -0.1) is 0 Å². The normalized spacial score (nSPS) is 16.6. The zero-order chi connectivity index (χ0) is 14.6. The molecule has 0 fully saturated rings. The van der Waals surface area contributed by atoms with E-state index in [-0.39, 0.29) is 0 Å². The maximum atomic E-state index is 5.75. The summed E-state index contributed by atoms with van der Waals surface area (Å²) in [5.74, 6) is 1.75. The lowest BCUT2D eigenvalue weighted by Crippen LogP contribution is -2.30. The van der Waals surface area contributed by atoms with Gasteiger partial charge in [0, 0.05) is 19.0 Å². The molecule has 1 aliphatic rings. The molecule has 1 heterocycles. The molecule has 1 aliphatic heterocycles. The molecule has 0 aromatic heterocycles. The summed E-state index contributed by atoms with van der Waals surface area (Å²) in [5, 5.41) is 3.62. The Morgan fingerprint density at radius 2 is 1.90 bits per heavy atom. The molecule has 1 aromatic carbocycles. The van der Waals surface area contributed by atoms with Crippen LogP contribution in [0.2, 0.25) is 0 Å². The molecule has 0 saturated carbocycles. The minimum Gasteiger partial charge on any atom is -0.490 e. The molecule has 0 spiro atoms. The van der Waals surface area contributed by atoms with Gasteiger partial charge in [-0.05, 0) is 36.5 Å². The number of fused-ring (bicyclic) bond motifs is 1. The van der Waals surface area contributed by atoms with E-state index in [1.165, 1.54) is 12.0 Å². The summed E-state index contributed by atoms with van der Waals surface area (Å²) in [6.07, 6.45) is 2.12. The highest BCUT2D eigenvalue weighted by atomic mass is 16.5. The third-order valence-electron chi connectivity index (χ3n) is 4.12. The third kappa shape index (κ3) is 3.89. The number of nitrogens with one attached hydrogen (secondary N) is 1. The van der Waals surface area contributed by atoms with Crippen molar-refractivity contribution < 1.29 is 9.47 Å². The predicted molar refractivity (Wildman–Crippen MR) is 82.5 cm³/mol. The van der Waals surface area contributed by atoms with E-state index in [0.717, 1.165) is 37.7 Å². The summed E-state index contributed by atoms with van der Waals surface area (Å²) in [6, 6.07) is 6.58. The molecule has 1 aromatic rings. The van der Waals surface area contributed by atoms with E-state index >= 15 is 0 Å². The van der Waals surface area contributed by atoms with Crippen molar-refractivity contribution in [2.75, 3.05) is 19.8 Å². The van der Waals surface area contributed by atoms with Gasteiger partial charge in [-0.25, -0.2) is 0 Å². The van der Waals surface area contributed by atoms with Crippen LogP contribution in [0.25, 0.3) is 0 Å². The van der Waals surface area contributed by atoms with Gasteiger partial charge in [-0.3, -0.25) is 0 Å². The summed E-state index contributed by atoms with van der Waals surface area (Å²) in [5.41, 5.74) is 1.58. The Kier molecular flexibility index (Phi) is 4.92. The first-order chi connectivity index (χ1) is 9.52. The van der Waals surface area contributed by atoms with E-state index in [0.29, 0.717) is 11.5 Å². The van der Waals surface area contributed by atoms with E-state index in [9.17, 15) is 0 Å². The molecular weight excluding hydrogens is 250 g/mol. The van der Waals surface area contributed by atoms with E-state index < -0.39 is 0 Å². The van der Waals surface area contributed by atoms with Crippen LogP contribution in [0.15, 0.2) is 18.2 Å². The lowest BCUT2D eigenvalue weighted by molar-refractivity contribution is 0.296. The minimum absolute atomic E-state index is 0.318. The van der Waals surface area contributed by atoms with Gasteiger partial charge in [0.15, 0.2) is 11.5 Å². The number of ether oxygens (including phenoxy) is 2. The van der Waals surface area contributed by atoms with Crippen molar-refractivity contribution in [1.29, 1.82) is 0 Å². The van der Waals surface area contributed by atoms with Crippen molar-refractivity contribution in [2.24, 2.45) is 5.41 Å². The highest BCUT2D eigenvalue weighted by Crippen LogP contribution is 2.32. The van der Waals surface area contributed by atoms with Gasteiger partial charge >= 0.3 is 0 Å². The number of hydrogen-bond acceptors (Lipinski definition) is 3. The average molecular weight is 277 g/mol. The second-order valence-corrected chi connectivity index (χ2v) is 6.38. The standard InChI is InChI=1S/C17H27NO2/c1-5-17(3,4)12-18-13(2)14-7-8-15-16(11-14)20-10-6-9-19-15/h7-8,11,13,18H,5-6,9-10,12H2,1-4H3. The molecule has 0 saturated heterocycles. The Bertz CT molecular complexity index is 443. The molecule has 1 atom stereocenters. The molecule has 2 rings (SSSR count). The Labute approximate surface area is 122 Å². The maximum absolute atomic E-state index is 5.75. The maximum Gasteiger partial charge on any atom is 0.161 e. The van der Waals surface area contributed by atoms with Gasteiger partial charge < -0.3 is 14.8 Å². The van der Waals surface area contributed by atoms with Crippen molar-refractivity contribution in [3.63, 3.8) is 0 Å². The molecule has 0 amide bonds. The van der Waals surface area contributed by atoms with Gasteiger partial charge in [-0.2, -0.15) is 0 Å². The number of benzene rings is 1. The van der Waals surface area contributed by atoms with Crippen LogP contribution in [0.3, 0.4) is 0 Å². The van der Waals surface area contributed by atoms with E-state index in [2.05, 4.69) is 45.1 Å². The molecule has 1 N–H and O–H groups in total. The Morgan fingerprint density at radius 1 is 1.20 bits per heavy atom. The average Bonchev–Trinajstić information content (AvgIpc) is 2.69. The van der Waals surface area contributed by atoms with Gasteiger partial charge in [0.05, 0.1) is 13.2 Å². The fourth-order valence-corrected chi connectivity index (χ4v) is 2.12. The van der Waals surface area contributed by atoms with Crippen molar-refractivity contribution in [3.05, 3.63) is 23.8 Å². The molecule has 3 nitrogen and oxygen atoms in total. The van der Waals surface area contributed by atoms with Gasteiger partial charge in [0.1, 0.15) is 0 Å². The predicted octanol–water partition coefficient (Wildman–Crippen LogP) is 3.93. The van der Waals surface area contributed by atoms with Gasteiger partial charge in [0.2, 0.25) is 0 Å². The number of rotatable bonds is 5. The van der Waals surface area contributed by atoms with Crippen molar-refractivity contribution in [3.8, 4) is 11.5 Å². The van der Waals surface area contributed by atoms with Crippen LogP contribution in [-0.2, 0) is 0 Å². The smallest absolute Gasteiger partial charge is 0.161 e. The lowest BCUT2D eigenvalue weighted by Gasteiger charge is -2.26. The zero-order valence-corrected chi connectivity index (χ0v) is 13.2. The summed E-state index contributed by atoms with van der Waals surface area (Å²) < 4.78 is 11.4. The van der Waals surface area contributed by atoms with Crippen LogP contribution in [0.5, 0.6) is 11.5 Å². The van der Waals surface area contributed by atoms with Crippen molar-refractivity contribution in [2.45, 2.75) is 46.6 Å². The van der Waals surface area contributed by atoms with Crippen LogP contribution < -0.4 is 14.8 Å². The van der Waals surface area contributed by atoms with Crippen LogP contribution in [0.1, 0.15) is 52.1 Å². The fourth-order valence-electron chi connectivity index (χ4n) is 2.12. The zero-order valence-electron chi connectivity index (χ0n) is 13.2. The summed E-state index contributed by atoms with van der Waals surface area (Å²) in [7, 11) is 0. The molecule has 3 heteroatoms. The molecule has 0 radical (unpaired) electrons. The molecule has 20 heavy (non-hydrogen) atoms. The van der Waals surface area contributed by atoms with Gasteiger partial charge in [0.25, 0.3) is 0 Å². The van der Waals surface area contributed by atoms with E-state index in [4.69, 9.17) is 9.47 Å². The van der Waals surface area contributed by atoms with E-state index in [1.807, 2.05) is 6.07 Å². The van der Waals surface area contributed by atoms with E-state index in [1.54, 1.807) is 0 Å². The van der Waals surface area contributed by atoms with Crippen molar-refractivity contribution >= 4 is 0 Å². The monoisotopic (exact) mass is 277 g/mol. The van der Waals surface area contributed by atoms with Gasteiger partial charge in [-0.1, -0.05) is 26.8 Å². The van der Waals surface area contributed by atoms with Crippen LogP contribution in [-0.4, -0.2) is 19.8 Å². The Hall–Kier alpha value is -1.22. The number of hydrogen-bond donors (Lipinski definition) is 1. The highest BCUT2D eigenvalue weighted by molar-refractivity contribution is 5.44. The molecule has 112 valence electrons. The Morgan fingerprint density at radius 3 is 2.60 bits per heavy atom. The van der Waals surface area contributed by atoms with Crippen LogP contribution >= 0.6 is 0 Å². The SMILES string of the molecule is CCC(C)(C)CNC(C)c1ccc2c(c1)OCCCO2. The second-order valence-electron chi connectivity index (χ2n) is 6.38. The first kappa shape index (κ1) is 15.2. The molecule has 0 bridgehead atoms. The molecule has 1 unspecified atom stereocenters. The summed E-state index contributed by atoms with van der Waals surface area (Å²) >= 11 is 0. The second kappa shape index (κ2) is 6.49. The first-order valence-electron chi connectivity index (χ1n) is 7.65. The molecular formula is C17H27NO2. The van der Waals surface area contributed by atoms with Crippen molar-refractivity contribution in [1.82, 2.24) is 5.32 Å². The largest absolute Gasteiger partial charge is 0.490 e. The van der Waals surface area contributed by atoms with Crippen LogP contribution in [0, 0.1) is 5.41 Å². The first-order valence-corrected chi connectivity index (χ1v) is 7.65. The lowest BCUT2D eigenvalue weighted by atomic mass is 9.90. The van der Waals surface area contributed by atoms with Crippen LogP contribution in [0.4, 0.5) is 0 Å². The summed E-state index contributed by atoms with van der Waals surface area (Å²) in [6.45, 7) is 11.5. The highest BCUT2D eigenvalue weighted by Gasteiger charge is 2.18. The quantitative estimate of drug-likeness (QED) is 0.884. The topological polar surface area (TPSA) is 30.5 Å². The Balaban J connectivity index is 2.03. The summed E-state index contributed by atoms with van der Waals surface area (Å²) in [4.78, 5) is 0. The minimum atomic E-state index is 0.318. The molecule has 0 aliphatic carbocycles. The third-order valence-corrected chi connectivity index (χ3v) is 4.12. The fraction of sp³-hybridized carbons (Fsp3) is 0.647.